The molecule has 70 valence electrons. The van der Waals surface area contributed by atoms with E-state index >= 15 is 0 Å². The summed E-state index contributed by atoms with van der Waals surface area (Å²) in [7, 11) is 0. The first kappa shape index (κ1) is 8.70. The summed E-state index contributed by atoms with van der Waals surface area (Å²) >= 11 is 0. The smallest absolute Gasteiger partial charge is 0.127 e. The molecule has 1 aliphatic rings. The van der Waals surface area contributed by atoms with Crippen LogP contribution in [-0.4, -0.2) is 6.54 Å². The van der Waals surface area contributed by atoms with Gasteiger partial charge < -0.3 is 5.32 Å². The van der Waals surface area contributed by atoms with E-state index in [4.69, 9.17) is 0 Å². The van der Waals surface area contributed by atoms with E-state index in [1.807, 2.05) is 12.1 Å². The Bertz CT molecular complexity index is 309. The summed E-state index contributed by atoms with van der Waals surface area (Å²) in [5, 5.41) is 3.24. The van der Waals surface area contributed by atoms with Gasteiger partial charge in [0, 0.05) is 18.7 Å². The zero-order valence-corrected chi connectivity index (χ0v) is 7.81. The number of hydrogen-bond donors (Lipinski definition) is 1. The monoisotopic (exact) mass is 179 g/mol. The molecule has 0 aliphatic carbocycles. The Morgan fingerprint density at radius 3 is 3.15 bits per heavy atom. The first-order chi connectivity index (χ1) is 6.33. The molecule has 0 fully saturated rings. The first-order valence-corrected chi connectivity index (χ1v) is 4.81. The van der Waals surface area contributed by atoms with E-state index in [9.17, 15) is 4.39 Å². The molecule has 1 N–H and O–H groups in total. The van der Waals surface area contributed by atoms with Gasteiger partial charge in [-0.15, -0.1) is 0 Å². The molecule has 0 spiro atoms. The third-order valence-electron chi connectivity index (χ3n) is 2.78. The Hall–Kier alpha value is -0.890. The van der Waals surface area contributed by atoms with E-state index in [0.717, 1.165) is 18.5 Å². The van der Waals surface area contributed by atoms with Crippen molar-refractivity contribution in [2.75, 3.05) is 6.54 Å². The van der Waals surface area contributed by atoms with Gasteiger partial charge in [-0.2, -0.15) is 0 Å². The standard InChI is InChI=1S/C11H14FN/c1-2-8-6-13-7-10-9(8)4-3-5-11(10)12/h3-5,8,13H,2,6-7H2,1H3. The minimum atomic E-state index is -0.0665. The number of nitrogens with one attached hydrogen (secondary N) is 1. The number of hydrogen-bond acceptors (Lipinski definition) is 1. The molecule has 1 nitrogen and oxygen atoms in total. The second-order valence-corrected chi connectivity index (χ2v) is 3.54. The minimum Gasteiger partial charge on any atom is -0.312 e. The molecule has 1 aromatic rings. The normalized spacial score (nSPS) is 21.2. The lowest BCUT2D eigenvalue weighted by Crippen LogP contribution is -2.28. The van der Waals surface area contributed by atoms with Crippen LogP contribution in [0.5, 0.6) is 0 Å². The predicted molar refractivity (Wildman–Crippen MR) is 51.1 cm³/mol. The molecular formula is C11H14FN. The highest BCUT2D eigenvalue weighted by Gasteiger charge is 2.20. The molecule has 0 bridgehead atoms. The number of benzene rings is 1. The van der Waals surface area contributed by atoms with Crippen LogP contribution in [0, 0.1) is 5.82 Å². The van der Waals surface area contributed by atoms with E-state index in [1.165, 1.54) is 5.56 Å². The SMILES string of the molecule is CCC1CNCc2c(F)cccc21. The topological polar surface area (TPSA) is 12.0 Å². The summed E-state index contributed by atoms with van der Waals surface area (Å²) < 4.78 is 13.3. The molecule has 1 aliphatic heterocycles. The van der Waals surface area contributed by atoms with E-state index in [0.29, 0.717) is 12.5 Å². The van der Waals surface area contributed by atoms with Gasteiger partial charge in [0.25, 0.3) is 0 Å². The minimum absolute atomic E-state index is 0.0665. The van der Waals surface area contributed by atoms with Gasteiger partial charge in [0.05, 0.1) is 0 Å². The molecule has 0 saturated carbocycles. The fourth-order valence-corrected chi connectivity index (χ4v) is 1.99. The largest absolute Gasteiger partial charge is 0.312 e. The van der Waals surface area contributed by atoms with Gasteiger partial charge in [-0.05, 0) is 24.0 Å². The second-order valence-electron chi connectivity index (χ2n) is 3.54. The highest BCUT2D eigenvalue weighted by molar-refractivity contribution is 5.33. The Labute approximate surface area is 78.0 Å². The molecule has 0 radical (unpaired) electrons. The average molecular weight is 179 g/mol. The molecule has 2 rings (SSSR count). The van der Waals surface area contributed by atoms with Crippen molar-refractivity contribution in [1.82, 2.24) is 5.32 Å². The van der Waals surface area contributed by atoms with E-state index in [2.05, 4.69) is 12.2 Å². The molecule has 1 unspecified atom stereocenters. The van der Waals surface area contributed by atoms with Gasteiger partial charge >= 0.3 is 0 Å². The molecule has 1 atom stereocenters. The number of halogens is 1. The maximum absolute atomic E-state index is 13.3. The fraction of sp³-hybridized carbons (Fsp3) is 0.455. The van der Waals surface area contributed by atoms with Crippen molar-refractivity contribution in [1.29, 1.82) is 0 Å². The quantitative estimate of drug-likeness (QED) is 0.698. The Morgan fingerprint density at radius 1 is 1.54 bits per heavy atom. The van der Waals surface area contributed by atoms with Crippen molar-refractivity contribution in [2.24, 2.45) is 0 Å². The van der Waals surface area contributed by atoms with Gasteiger partial charge in [-0.3, -0.25) is 0 Å². The molecule has 13 heavy (non-hydrogen) atoms. The van der Waals surface area contributed by atoms with Crippen molar-refractivity contribution in [2.45, 2.75) is 25.8 Å². The molecule has 1 heterocycles. The highest BCUT2D eigenvalue weighted by atomic mass is 19.1. The average Bonchev–Trinajstić information content (AvgIpc) is 2.18. The lowest BCUT2D eigenvalue weighted by atomic mass is 9.89. The van der Waals surface area contributed by atoms with Crippen LogP contribution >= 0.6 is 0 Å². The highest BCUT2D eigenvalue weighted by Crippen LogP contribution is 2.27. The van der Waals surface area contributed by atoms with E-state index < -0.39 is 0 Å². The van der Waals surface area contributed by atoms with Crippen LogP contribution in [0.25, 0.3) is 0 Å². The van der Waals surface area contributed by atoms with Crippen molar-refractivity contribution < 1.29 is 4.39 Å². The maximum atomic E-state index is 13.3. The second kappa shape index (κ2) is 3.46. The van der Waals surface area contributed by atoms with Crippen LogP contribution < -0.4 is 5.32 Å². The summed E-state index contributed by atoms with van der Waals surface area (Å²) in [6.45, 7) is 3.80. The Morgan fingerprint density at radius 2 is 2.38 bits per heavy atom. The molecule has 0 amide bonds. The lowest BCUT2D eigenvalue weighted by Gasteiger charge is -2.25. The molecule has 1 aromatic carbocycles. The van der Waals surface area contributed by atoms with Crippen LogP contribution in [0.2, 0.25) is 0 Å². The summed E-state index contributed by atoms with van der Waals surface area (Å²) in [6.07, 6.45) is 1.07. The fourth-order valence-electron chi connectivity index (χ4n) is 1.99. The zero-order valence-electron chi connectivity index (χ0n) is 7.81. The van der Waals surface area contributed by atoms with Gasteiger partial charge in [0.15, 0.2) is 0 Å². The van der Waals surface area contributed by atoms with Crippen LogP contribution in [-0.2, 0) is 6.54 Å². The van der Waals surface area contributed by atoms with Crippen molar-refractivity contribution in [3.8, 4) is 0 Å². The van der Waals surface area contributed by atoms with Crippen molar-refractivity contribution in [3.05, 3.63) is 35.1 Å². The third-order valence-corrected chi connectivity index (χ3v) is 2.78. The van der Waals surface area contributed by atoms with Gasteiger partial charge in [0.2, 0.25) is 0 Å². The van der Waals surface area contributed by atoms with Gasteiger partial charge in [-0.25, -0.2) is 4.39 Å². The molecular weight excluding hydrogens is 165 g/mol. The first-order valence-electron chi connectivity index (χ1n) is 4.81. The predicted octanol–water partition coefficient (Wildman–Crippen LogP) is 2.42. The lowest BCUT2D eigenvalue weighted by molar-refractivity contribution is 0.502. The third kappa shape index (κ3) is 1.46. The van der Waals surface area contributed by atoms with Crippen LogP contribution in [0.15, 0.2) is 18.2 Å². The molecule has 0 saturated heterocycles. The Balaban J connectivity index is 2.45. The number of rotatable bonds is 1. The summed E-state index contributed by atoms with van der Waals surface area (Å²) in [5.74, 6) is 0.419. The van der Waals surface area contributed by atoms with Crippen molar-refractivity contribution >= 4 is 0 Å². The van der Waals surface area contributed by atoms with E-state index in [-0.39, 0.29) is 5.82 Å². The summed E-state index contributed by atoms with van der Waals surface area (Å²) in [4.78, 5) is 0. The van der Waals surface area contributed by atoms with Gasteiger partial charge in [0.1, 0.15) is 5.82 Å². The summed E-state index contributed by atoms with van der Waals surface area (Å²) in [5.41, 5.74) is 2.06. The van der Waals surface area contributed by atoms with Gasteiger partial charge in [-0.1, -0.05) is 19.1 Å². The molecule has 0 aromatic heterocycles. The van der Waals surface area contributed by atoms with Crippen LogP contribution in [0.3, 0.4) is 0 Å². The van der Waals surface area contributed by atoms with Crippen molar-refractivity contribution in [3.63, 3.8) is 0 Å². The Kier molecular flexibility index (Phi) is 2.32. The van der Waals surface area contributed by atoms with E-state index in [1.54, 1.807) is 6.07 Å². The maximum Gasteiger partial charge on any atom is 0.127 e. The molecule has 2 heteroatoms. The summed E-state index contributed by atoms with van der Waals surface area (Å²) in [6, 6.07) is 5.40. The van der Waals surface area contributed by atoms with Crippen LogP contribution in [0.1, 0.15) is 30.4 Å². The zero-order chi connectivity index (χ0) is 9.26. The number of fused-ring (bicyclic) bond motifs is 1. The van der Waals surface area contributed by atoms with Crippen LogP contribution in [0.4, 0.5) is 4.39 Å².